The lowest BCUT2D eigenvalue weighted by molar-refractivity contribution is -0.143. The lowest BCUT2D eigenvalue weighted by Crippen LogP contribution is -2.51. The number of likely N-dealkylation sites (N-methyl/N-ethyl adjacent to an activating group) is 2. The van der Waals surface area contributed by atoms with Gasteiger partial charge in [0.2, 0.25) is 5.91 Å². The molecule has 3 amide bonds. The van der Waals surface area contributed by atoms with Crippen LogP contribution in [0.1, 0.15) is 32.6 Å². The molecule has 20 heavy (non-hydrogen) atoms. The lowest BCUT2D eigenvalue weighted by Gasteiger charge is -2.30. The van der Waals surface area contributed by atoms with E-state index < -0.39 is 17.9 Å². The van der Waals surface area contributed by atoms with Gasteiger partial charge in [0, 0.05) is 19.6 Å². The highest BCUT2D eigenvalue weighted by molar-refractivity contribution is 5.84. The van der Waals surface area contributed by atoms with Crippen molar-refractivity contribution in [3.8, 4) is 0 Å². The van der Waals surface area contributed by atoms with Crippen molar-refractivity contribution in [3.63, 3.8) is 0 Å². The summed E-state index contributed by atoms with van der Waals surface area (Å²) in [6, 6.07) is -0.764. The Kier molecular flexibility index (Phi) is 6.27. The Morgan fingerprint density at radius 3 is 2.50 bits per heavy atom. The number of carbonyl (C=O) groups is 3. The summed E-state index contributed by atoms with van der Waals surface area (Å²) in [5.41, 5.74) is 0. The van der Waals surface area contributed by atoms with Crippen molar-refractivity contribution in [1.82, 2.24) is 15.5 Å². The third-order valence-corrected chi connectivity index (χ3v) is 3.49. The summed E-state index contributed by atoms with van der Waals surface area (Å²) in [5, 5.41) is 14.5. The Labute approximate surface area is 118 Å². The third-order valence-electron chi connectivity index (χ3n) is 3.49. The highest BCUT2D eigenvalue weighted by Gasteiger charge is 2.32. The number of nitrogens with one attached hydrogen (secondary N) is 2. The van der Waals surface area contributed by atoms with Crippen molar-refractivity contribution >= 4 is 17.9 Å². The molecule has 0 aromatic carbocycles. The van der Waals surface area contributed by atoms with Gasteiger partial charge in [-0.25, -0.2) is 4.79 Å². The van der Waals surface area contributed by atoms with Crippen molar-refractivity contribution in [3.05, 3.63) is 0 Å². The van der Waals surface area contributed by atoms with Crippen LogP contribution in [-0.4, -0.2) is 54.1 Å². The largest absolute Gasteiger partial charge is 0.481 e. The molecule has 0 aliphatic heterocycles. The minimum absolute atomic E-state index is 0.0376. The van der Waals surface area contributed by atoms with Crippen LogP contribution in [0, 0.1) is 5.92 Å². The zero-order chi connectivity index (χ0) is 15.1. The quantitative estimate of drug-likeness (QED) is 0.681. The highest BCUT2D eigenvalue weighted by Crippen LogP contribution is 2.24. The standard InChI is InChI=1S/C13H23N3O4/c1-3-14-11(17)8-16(2)13(20)15-10-7-5-4-6-9(10)12(18)19/h9-10H,3-8H2,1-2H3,(H,14,17)(H,15,20)(H,18,19). The van der Waals surface area contributed by atoms with E-state index in [1.165, 1.54) is 11.9 Å². The maximum absolute atomic E-state index is 12.0. The third kappa shape index (κ3) is 4.71. The van der Waals surface area contributed by atoms with Crippen LogP contribution >= 0.6 is 0 Å². The van der Waals surface area contributed by atoms with Crippen LogP contribution in [0.15, 0.2) is 0 Å². The first-order valence-electron chi connectivity index (χ1n) is 6.96. The van der Waals surface area contributed by atoms with Gasteiger partial charge in [-0.15, -0.1) is 0 Å². The first kappa shape index (κ1) is 16.3. The van der Waals surface area contributed by atoms with Gasteiger partial charge in [-0.1, -0.05) is 12.8 Å². The fourth-order valence-electron chi connectivity index (χ4n) is 2.41. The van der Waals surface area contributed by atoms with Gasteiger partial charge in [0.25, 0.3) is 0 Å². The van der Waals surface area contributed by atoms with Gasteiger partial charge in [0.1, 0.15) is 6.54 Å². The van der Waals surface area contributed by atoms with E-state index in [1.54, 1.807) is 6.92 Å². The van der Waals surface area contributed by atoms with Gasteiger partial charge < -0.3 is 20.6 Å². The monoisotopic (exact) mass is 285 g/mol. The molecule has 0 radical (unpaired) electrons. The molecule has 1 saturated carbocycles. The van der Waals surface area contributed by atoms with Gasteiger partial charge in [0.15, 0.2) is 0 Å². The van der Waals surface area contributed by atoms with E-state index in [1.807, 2.05) is 0 Å². The minimum atomic E-state index is -0.874. The first-order valence-corrected chi connectivity index (χ1v) is 6.96. The van der Waals surface area contributed by atoms with Gasteiger partial charge in [-0.05, 0) is 19.8 Å². The Morgan fingerprint density at radius 2 is 1.90 bits per heavy atom. The molecule has 7 heteroatoms. The predicted octanol–water partition coefficient (Wildman–Crippen LogP) is 0.407. The summed E-state index contributed by atoms with van der Waals surface area (Å²) in [6.45, 7) is 2.28. The van der Waals surface area contributed by atoms with E-state index in [0.29, 0.717) is 19.4 Å². The van der Waals surface area contributed by atoms with E-state index in [9.17, 15) is 14.4 Å². The first-order chi connectivity index (χ1) is 9.45. The van der Waals surface area contributed by atoms with Crippen molar-refractivity contribution in [2.24, 2.45) is 5.92 Å². The molecule has 2 unspecified atom stereocenters. The number of carboxylic acids is 1. The van der Waals surface area contributed by atoms with Gasteiger partial charge in [-0.3, -0.25) is 9.59 Å². The number of nitrogens with zero attached hydrogens (tertiary/aromatic N) is 1. The molecule has 1 aliphatic carbocycles. The van der Waals surface area contributed by atoms with Crippen LogP contribution in [-0.2, 0) is 9.59 Å². The van der Waals surface area contributed by atoms with Crippen molar-refractivity contribution in [2.45, 2.75) is 38.6 Å². The van der Waals surface area contributed by atoms with Crippen molar-refractivity contribution < 1.29 is 19.5 Å². The Bertz CT molecular complexity index is 373. The van der Waals surface area contributed by atoms with E-state index in [-0.39, 0.29) is 18.5 Å². The highest BCUT2D eigenvalue weighted by atomic mass is 16.4. The summed E-state index contributed by atoms with van der Waals surface area (Å²) < 4.78 is 0. The minimum Gasteiger partial charge on any atom is -0.481 e. The predicted molar refractivity (Wildman–Crippen MR) is 73.2 cm³/mol. The second kappa shape index (κ2) is 7.72. The molecule has 0 aromatic rings. The second-order valence-electron chi connectivity index (χ2n) is 5.09. The lowest BCUT2D eigenvalue weighted by atomic mass is 9.84. The summed E-state index contributed by atoms with van der Waals surface area (Å²) in [7, 11) is 1.52. The van der Waals surface area contributed by atoms with Crippen LogP contribution in [0.2, 0.25) is 0 Å². The van der Waals surface area contributed by atoms with E-state index in [4.69, 9.17) is 5.11 Å². The van der Waals surface area contributed by atoms with Crippen molar-refractivity contribution in [1.29, 1.82) is 0 Å². The van der Waals surface area contributed by atoms with Crippen LogP contribution in [0.4, 0.5) is 4.79 Å². The molecule has 0 saturated heterocycles. The molecule has 114 valence electrons. The van der Waals surface area contributed by atoms with Gasteiger partial charge in [0.05, 0.1) is 5.92 Å². The molecular formula is C13H23N3O4. The molecule has 7 nitrogen and oxygen atoms in total. The summed E-state index contributed by atoms with van der Waals surface area (Å²) in [4.78, 5) is 35.8. The summed E-state index contributed by atoms with van der Waals surface area (Å²) in [6.07, 6.45) is 3.03. The molecule has 2 atom stereocenters. The zero-order valence-electron chi connectivity index (χ0n) is 12.0. The molecule has 0 bridgehead atoms. The van der Waals surface area contributed by atoms with E-state index >= 15 is 0 Å². The number of aliphatic carboxylic acids is 1. The number of amides is 3. The van der Waals surface area contributed by atoms with Crippen LogP contribution in [0.3, 0.4) is 0 Å². The maximum Gasteiger partial charge on any atom is 0.317 e. The number of carboxylic acid groups (broad SMARTS) is 1. The molecule has 3 N–H and O–H groups in total. The number of hydrogen-bond donors (Lipinski definition) is 3. The number of hydrogen-bond acceptors (Lipinski definition) is 3. The van der Waals surface area contributed by atoms with Crippen LogP contribution in [0.5, 0.6) is 0 Å². The van der Waals surface area contributed by atoms with Crippen LogP contribution in [0.25, 0.3) is 0 Å². The smallest absolute Gasteiger partial charge is 0.317 e. The van der Waals surface area contributed by atoms with Crippen LogP contribution < -0.4 is 10.6 Å². The molecule has 1 fully saturated rings. The molecular weight excluding hydrogens is 262 g/mol. The molecule has 1 rings (SSSR count). The zero-order valence-corrected chi connectivity index (χ0v) is 12.0. The fourth-order valence-corrected chi connectivity index (χ4v) is 2.41. The Morgan fingerprint density at radius 1 is 1.25 bits per heavy atom. The van der Waals surface area contributed by atoms with Crippen molar-refractivity contribution in [2.75, 3.05) is 20.1 Å². The normalized spacial score (nSPS) is 21.9. The number of rotatable bonds is 5. The van der Waals surface area contributed by atoms with E-state index in [2.05, 4.69) is 10.6 Å². The number of carbonyl (C=O) groups excluding carboxylic acids is 2. The Balaban J connectivity index is 2.50. The maximum atomic E-state index is 12.0. The summed E-state index contributed by atoms with van der Waals surface area (Å²) in [5.74, 6) is -1.64. The molecule has 0 aromatic heterocycles. The number of urea groups is 1. The topological polar surface area (TPSA) is 98.7 Å². The van der Waals surface area contributed by atoms with Gasteiger partial charge in [-0.2, -0.15) is 0 Å². The SMILES string of the molecule is CCNC(=O)CN(C)C(=O)NC1CCCCC1C(=O)O. The average molecular weight is 285 g/mol. The molecule has 0 spiro atoms. The van der Waals surface area contributed by atoms with E-state index in [0.717, 1.165) is 12.8 Å². The average Bonchev–Trinajstić information content (AvgIpc) is 2.39. The van der Waals surface area contributed by atoms with Gasteiger partial charge >= 0.3 is 12.0 Å². The second-order valence-corrected chi connectivity index (χ2v) is 5.09. The molecule has 1 aliphatic rings. The molecule has 0 heterocycles. The summed E-state index contributed by atoms with van der Waals surface area (Å²) >= 11 is 0. The Hall–Kier alpha value is -1.79. The fraction of sp³-hybridized carbons (Fsp3) is 0.769.